The van der Waals surface area contributed by atoms with Crippen molar-refractivity contribution in [3.05, 3.63) is 29.8 Å². The maximum atomic E-state index is 11.8. The van der Waals surface area contributed by atoms with Crippen LogP contribution in [0.15, 0.2) is 24.3 Å². The van der Waals surface area contributed by atoms with Gasteiger partial charge in [-0.2, -0.15) is 0 Å². The molecule has 4 heteroatoms. The lowest BCUT2D eigenvalue weighted by atomic mass is 10.1. The molecule has 0 unspecified atom stereocenters. The van der Waals surface area contributed by atoms with Crippen LogP contribution in [0.1, 0.15) is 31.7 Å². The van der Waals surface area contributed by atoms with Gasteiger partial charge in [0.1, 0.15) is 5.75 Å². The molecule has 1 amide bonds. The third-order valence-electron chi connectivity index (χ3n) is 3.51. The van der Waals surface area contributed by atoms with Gasteiger partial charge < -0.3 is 15.0 Å². The number of hydrogen-bond donors (Lipinski definition) is 1. The van der Waals surface area contributed by atoms with E-state index in [9.17, 15) is 4.79 Å². The molecule has 0 radical (unpaired) electrons. The standard InChI is InChI=1S/C17H28N2O2/c1-4-5-13-19(2)14-11-17(20)18-12-10-15-6-8-16(21-3)9-7-15/h6-9H,4-5,10-14H2,1-3H3,(H,18,20). The molecule has 0 aliphatic carbocycles. The Bertz CT molecular complexity index is 404. The first kappa shape index (κ1) is 17.5. The lowest BCUT2D eigenvalue weighted by molar-refractivity contribution is -0.121. The highest BCUT2D eigenvalue weighted by molar-refractivity contribution is 5.76. The summed E-state index contributed by atoms with van der Waals surface area (Å²) in [5, 5.41) is 2.97. The quantitative estimate of drug-likeness (QED) is 0.720. The first-order valence-corrected chi connectivity index (χ1v) is 7.74. The van der Waals surface area contributed by atoms with Crippen molar-refractivity contribution in [2.75, 3.05) is 33.8 Å². The maximum Gasteiger partial charge on any atom is 0.221 e. The summed E-state index contributed by atoms with van der Waals surface area (Å²) in [6.45, 7) is 4.76. The van der Waals surface area contributed by atoms with Gasteiger partial charge in [0, 0.05) is 19.5 Å². The number of hydrogen-bond acceptors (Lipinski definition) is 3. The van der Waals surface area contributed by atoms with Crippen LogP contribution in [0.5, 0.6) is 5.75 Å². The molecule has 0 spiro atoms. The molecular formula is C17H28N2O2. The minimum atomic E-state index is 0.131. The summed E-state index contributed by atoms with van der Waals surface area (Å²) in [6, 6.07) is 7.95. The van der Waals surface area contributed by atoms with Crippen LogP contribution in [0.25, 0.3) is 0 Å². The van der Waals surface area contributed by atoms with Gasteiger partial charge in [-0.25, -0.2) is 0 Å². The number of methoxy groups -OCH3 is 1. The predicted octanol–water partition coefficient (Wildman–Crippen LogP) is 2.48. The van der Waals surface area contributed by atoms with Crippen molar-refractivity contribution < 1.29 is 9.53 Å². The predicted molar refractivity (Wildman–Crippen MR) is 86.7 cm³/mol. The highest BCUT2D eigenvalue weighted by atomic mass is 16.5. The Balaban J connectivity index is 2.15. The highest BCUT2D eigenvalue weighted by Crippen LogP contribution is 2.11. The summed E-state index contributed by atoms with van der Waals surface area (Å²) in [6.07, 6.45) is 3.80. The number of ether oxygens (including phenoxy) is 1. The fourth-order valence-corrected chi connectivity index (χ4v) is 2.06. The zero-order valence-electron chi connectivity index (χ0n) is 13.5. The van der Waals surface area contributed by atoms with Crippen molar-refractivity contribution in [1.29, 1.82) is 0 Å². The van der Waals surface area contributed by atoms with Crippen molar-refractivity contribution in [2.24, 2.45) is 0 Å². The van der Waals surface area contributed by atoms with E-state index in [1.165, 1.54) is 18.4 Å². The van der Waals surface area contributed by atoms with Gasteiger partial charge in [0.25, 0.3) is 0 Å². The minimum Gasteiger partial charge on any atom is -0.497 e. The monoisotopic (exact) mass is 292 g/mol. The molecule has 0 heterocycles. The molecule has 1 rings (SSSR count). The molecule has 1 aromatic rings. The molecule has 0 aromatic heterocycles. The van der Waals surface area contributed by atoms with E-state index in [-0.39, 0.29) is 5.91 Å². The number of amides is 1. The Morgan fingerprint density at radius 3 is 2.57 bits per heavy atom. The number of nitrogens with zero attached hydrogens (tertiary/aromatic N) is 1. The molecule has 0 aliphatic heterocycles. The van der Waals surface area contributed by atoms with Gasteiger partial charge in [0.2, 0.25) is 5.91 Å². The molecule has 0 saturated carbocycles. The van der Waals surface area contributed by atoms with Crippen molar-refractivity contribution in [1.82, 2.24) is 10.2 Å². The molecule has 118 valence electrons. The first-order chi connectivity index (χ1) is 10.2. The van der Waals surface area contributed by atoms with E-state index in [4.69, 9.17) is 4.74 Å². The highest BCUT2D eigenvalue weighted by Gasteiger charge is 2.04. The number of nitrogens with one attached hydrogen (secondary N) is 1. The smallest absolute Gasteiger partial charge is 0.221 e. The Labute approximate surface area is 128 Å². The van der Waals surface area contributed by atoms with E-state index in [1.807, 2.05) is 24.3 Å². The van der Waals surface area contributed by atoms with Crippen LogP contribution in [0.3, 0.4) is 0 Å². The lowest BCUT2D eigenvalue weighted by Gasteiger charge is -2.15. The van der Waals surface area contributed by atoms with Crippen LogP contribution in [0.4, 0.5) is 0 Å². The van der Waals surface area contributed by atoms with Crippen molar-refractivity contribution in [2.45, 2.75) is 32.6 Å². The Morgan fingerprint density at radius 2 is 1.95 bits per heavy atom. The molecular weight excluding hydrogens is 264 g/mol. The summed E-state index contributed by atoms with van der Waals surface area (Å²) in [4.78, 5) is 14.0. The fraction of sp³-hybridized carbons (Fsp3) is 0.588. The SMILES string of the molecule is CCCCN(C)CCC(=O)NCCc1ccc(OC)cc1. The second-order valence-electron chi connectivity index (χ2n) is 5.35. The normalized spacial score (nSPS) is 10.7. The van der Waals surface area contributed by atoms with E-state index in [0.29, 0.717) is 13.0 Å². The number of carbonyl (C=O) groups is 1. The summed E-state index contributed by atoms with van der Waals surface area (Å²) in [5.74, 6) is 0.991. The maximum absolute atomic E-state index is 11.8. The average Bonchev–Trinajstić information content (AvgIpc) is 2.51. The van der Waals surface area contributed by atoms with Gasteiger partial charge in [0.05, 0.1) is 7.11 Å². The second-order valence-corrected chi connectivity index (χ2v) is 5.35. The first-order valence-electron chi connectivity index (χ1n) is 7.74. The van der Waals surface area contributed by atoms with E-state index in [2.05, 4.69) is 24.2 Å². The molecule has 0 fully saturated rings. The number of rotatable bonds is 10. The van der Waals surface area contributed by atoms with Crippen LogP contribution in [-0.2, 0) is 11.2 Å². The molecule has 4 nitrogen and oxygen atoms in total. The minimum absolute atomic E-state index is 0.131. The summed E-state index contributed by atoms with van der Waals surface area (Å²) < 4.78 is 5.12. The van der Waals surface area contributed by atoms with E-state index >= 15 is 0 Å². The fourth-order valence-electron chi connectivity index (χ4n) is 2.06. The largest absolute Gasteiger partial charge is 0.497 e. The molecule has 1 aromatic carbocycles. The van der Waals surface area contributed by atoms with E-state index < -0.39 is 0 Å². The van der Waals surface area contributed by atoms with E-state index in [0.717, 1.165) is 25.3 Å². The van der Waals surface area contributed by atoms with Gasteiger partial charge in [-0.05, 0) is 44.1 Å². The van der Waals surface area contributed by atoms with Crippen LogP contribution >= 0.6 is 0 Å². The van der Waals surface area contributed by atoms with Crippen LogP contribution in [0, 0.1) is 0 Å². The summed E-state index contributed by atoms with van der Waals surface area (Å²) >= 11 is 0. The third kappa shape index (κ3) is 7.71. The zero-order valence-corrected chi connectivity index (χ0v) is 13.5. The summed E-state index contributed by atoms with van der Waals surface area (Å²) in [7, 11) is 3.73. The van der Waals surface area contributed by atoms with Gasteiger partial charge >= 0.3 is 0 Å². The molecule has 0 saturated heterocycles. The van der Waals surface area contributed by atoms with Crippen molar-refractivity contribution in [3.63, 3.8) is 0 Å². The zero-order chi connectivity index (χ0) is 15.5. The lowest BCUT2D eigenvalue weighted by Crippen LogP contribution is -2.30. The molecule has 0 bridgehead atoms. The Morgan fingerprint density at radius 1 is 1.24 bits per heavy atom. The molecule has 1 N–H and O–H groups in total. The van der Waals surface area contributed by atoms with Gasteiger partial charge in [-0.15, -0.1) is 0 Å². The topological polar surface area (TPSA) is 41.6 Å². The second kappa shape index (κ2) is 10.2. The number of unbranched alkanes of at least 4 members (excludes halogenated alkanes) is 1. The van der Waals surface area contributed by atoms with Crippen LogP contribution in [-0.4, -0.2) is 44.6 Å². The summed E-state index contributed by atoms with van der Waals surface area (Å²) in [5.41, 5.74) is 1.20. The van der Waals surface area contributed by atoms with E-state index in [1.54, 1.807) is 7.11 Å². The van der Waals surface area contributed by atoms with Crippen molar-refractivity contribution >= 4 is 5.91 Å². The molecule has 21 heavy (non-hydrogen) atoms. The number of carbonyl (C=O) groups excluding carboxylic acids is 1. The average molecular weight is 292 g/mol. The third-order valence-corrected chi connectivity index (χ3v) is 3.51. The molecule has 0 aliphatic rings. The molecule has 0 atom stereocenters. The van der Waals surface area contributed by atoms with Crippen LogP contribution < -0.4 is 10.1 Å². The van der Waals surface area contributed by atoms with Crippen molar-refractivity contribution in [3.8, 4) is 5.75 Å². The Hall–Kier alpha value is -1.55. The number of benzene rings is 1. The van der Waals surface area contributed by atoms with Gasteiger partial charge in [-0.1, -0.05) is 25.5 Å². The Kier molecular flexibility index (Phi) is 8.51. The van der Waals surface area contributed by atoms with Gasteiger partial charge in [-0.3, -0.25) is 4.79 Å². The van der Waals surface area contributed by atoms with Crippen LogP contribution in [0.2, 0.25) is 0 Å². The van der Waals surface area contributed by atoms with Gasteiger partial charge in [0.15, 0.2) is 0 Å².